The quantitative estimate of drug-likeness (QED) is 0.340. The zero-order chi connectivity index (χ0) is 22.2. The molecule has 1 saturated carbocycles. The van der Waals surface area contributed by atoms with Crippen molar-refractivity contribution < 1.29 is 4.74 Å². The number of ether oxygens (including phenoxy) is 1. The predicted octanol–water partition coefficient (Wildman–Crippen LogP) is 9.02. The molecule has 0 aliphatic heterocycles. The molecule has 2 aromatic rings. The summed E-state index contributed by atoms with van der Waals surface area (Å²) in [6, 6.07) is 15.9. The van der Waals surface area contributed by atoms with Gasteiger partial charge >= 0.3 is 0 Å². The molecule has 2 aromatic carbocycles. The van der Waals surface area contributed by atoms with Crippen LogP contribution < -0.4 is 4.74 Å². The van der Waals surface area contributed by atoms with Crippen molar-refractivity contribution in [2.45, 2.75) is 97.3 Å². The molecule has 4 rings (SSSR count). The molecule has 0 N–H and O–H groups in total. The number of fused-ring (bicyclic) bond motifs is 1. The van der Waals surface area contributed by atoms with Gasteiger partial charge in [0.25, 0.3) is 0 Å². The smallest absolute Gasteiger partial charge is 0.119 e. The van der Waals surface area contributed by atoms with Gasteiger partial charge in [0.05, 0.1) is 6.61 Å². The molecular weight excluding hydrogens is 388 g/mol. The SMILES string of the molecule is CCCCCC1CCC(C2CCc3cc(-c4ccc(OCCCC)cc4)ccc3C2)CC1. The van der Waals surface area contributed by atoms with Gasteiger partial charge < -0.3 is 4.74 Å². The zero-order valence-electron chi connectivity index (χ0n) is 20.6. The molecule has 0 heterocycles. The van der Waals surface area contributed by atoms with Gasteiger partial charge in [-0.05, 0) is 90.7 Å². The van der Waals surface area contributed by atoms with E-state index in [1.165, 1.54) is 88.2 Å². The molecule has 2 aliphatic rings. The van der Waals surface area contributed by atoms with Crippen LogP contribution in [0.3, 0.4) is 0 Å². The van der Waals surface area contributed by atoms with Crippen LogP contribution in [-0.2, 0) is 12.8 Å². The third kappa shape index (κ3) is 6.18. The number of rotatable bonds is 10. The molecular formula is C31H44O. The van der Waals surface area contributed by atoms with Gasteiger partial charge in [-0.2, -0.15) is 0 Å². The molecule has 0 amide bonds. The van der Waals surface area contributed by atoms with Gasteiger partial charge in [-0.15, -0.1) is 0 Å². The van der Waals surface area contributed by atoms with Crippen LogP contribution in [0, 0.1) is 17.8 Å². The summed E-state index contributed by atoms with van der Waals surface area (Å²) in [7, 11) is 0. The second-order valence-electron chi connectivity index (χ2n) is 10.5. The van der Waals surface area contributed by atoms with Crippen molar-refractivity contribution >= 4 is 0 Å². The molecule has 1 nitrogen and oxygen atoms in total. The van der Waals surface area contributed by atoms with Crippen LogP contribution in [-0.4, -0.2) is 6.61 Å². The Morgan fingerprint density at radius 3 is 2.22 bits per heavy atom. The van der Waals surface area contributed by atoms with Crippen molar-refractivity contribution in [3.05, 3.63) is 53.6 Å². The molecule has 1 heteroatoms. The standard InChI is InChI=1S/C31H44O/c1-3-5-7-8-24-9-11-25(12-10-24)27-13-15-30-23-28(14-16-29(30)22-27)26-17-19-31(20-18-26)32-21-6-4-2/h14,16-20,23-25,27H,3-13,15,21-22H2,1-2H3. The summed E-state index contributed by atoms with van der Waals surface area (Å²) in [5, 5.41) is 0. The van der Waals surface area contributed by atoms with Gasteiger partial charge in [0, 0.05) is 0 Å². The highest BCUT2D eigenvalue weighted by Crippen LogP contribution is 2.41. The van der Waals surface area contributed by atoms with E-state index in [-0.39, 0.29) is 0 Å². The van der Waals surface area contributed by atoms with Gasteiger partial charge in [0.2, 0.25) is 0 Å². The maximum atomic E-state index is 5.83. The number of hydrogen-bond donors (Lipinski definition) is 0. The van der Waals surface area contributed by atoms with Gasteiger partial charge in [0.15, 0.2) is 0 Å². The first-order valence-electron chi connectivity index (χ1n) is 13.6. The summed E-state index contributed by atoms with van der Waals surface area (Å²) >= 11 is 0. The maximum Gasteiger partial charge on any atom is 0.119 e. The fourth-order valence-corrected chi connectivity index (χ4v) is 6.07. The van der Waals surface area contributed by atoms with E-state index in [9.17, 15) is 0 Å². The fourth-order valence-electron chi connectivity index (χ4n) is 6.07. The van der Waals surface area contributed by atoms with E-state index in [1.54, 1.807) is 11.1 Å². The lowest BCUT2D eigenvalue weighted by Crippen LogP contribution is -2.26. The molecule has 174 valence electrons. The summed E-state index contributed by atoms with van der Waals surface area (Å²) in [6.07, 6.45) is 18.0. The molecule has 1 unspecified atom stereocenters. The van der Waals surface area contributed by atoms with Crippen LogP contribution in [0.2, 0.25) is 0 Å². The Labute approximate surface area is 197 Å². The molecule has 0 saturated heterocycles. The lowest BCUT2D eigenvalue weighted by Gasteiger charge is -2.36. The molecule has 32 heavy (non-hydrogen) atoms. The van der Waals surface area contributed by atoms with Crippen molar-refractivity contribution in [2.75, 3.05) is 6.61 Å². The summed E-state index contributed by atoms with van der Waals surface area (Å²) in [4.78, 5) is 0. The minimum Gasteiger partial charge on any atom is -0.494 e. The highest BCUT2D eigenvalue weighted by Gasteiger charge is 2.30. The highest BCUT2D eigenvalue weighted by molar-refractivity contribution is 5.66. The normalized spacial score (nSPS) is 23.0. The van der Waals surface area contributed by atoms with Crippen molar-refractivity contribution in [2.24, 2.45) is 17.8 Å². The molecule has 1 fully saturated rings. The van der Waals surface area contributed by atoms with Crippen molar-refractivity contribution in [1.82, 2.24) is 0 Å². The summed E-state index contributed by atoms with van der Waals surface area (Å²) < 4.78 is 5.83. The lowest BCUT2D eigenvalue weighted by molar-refractivity contribution is 0.183. The minimum atomic E-state index is 0.816. The van der Waals surface area contributed by atoms with Gasteiger partial charge in [-0.1, -0.05) is 89.1 Å². The van der Waals surface area contributed by atoms with E-state index < -0.39 is 0 Å². The second kappa shape index (κ2) is 11.9. The minimum absolute atomic E-state index is 0.816. The monoisotopic (exact) mass is 432 g/mol. The number of unbranched alkanes of at least 4 members (excludes halogenated alkanes) is 3. The van der Waals surface area contributed by atoms with E-state index >= 15 is 0 Å². The molecule has 1 atom stereocenters. The van der Waals surface area contributed by atoms with E-state index in [4.69, 9.17) is 4.74 Å². The number of aryl methyl sites for hydroxylation is 1. The van der Waals surface area contributed by atoms with Crippen molar-refractivity contribution in [1.29, 1.82) is 0 Å². The molecule has 2 aliphatic carbocycles. The van der Waals surface area contributed by atoms with Crippen LogP contribution in [0.25, 0.3) is 11.1 Å². The van der Waals surface area contributed by atoms with Crippen LogP contribution in [0.4, 0.5) is 0 Å². The van der Waals surface area contributed by atoms with E-state index in [0.29, 0.717) is 0 Å². The first-order valence-corrected chi connectivity index (χ1v) is 13.6. The lowest BCUT2D eigenvalue weighted by atomic mass is 9.69. The van der Waals surface area contributed by atoms with E-state index in [0.717, 1.165) is 36.5 Å². The first-order chi connectivity index (χ1) is 15.8. The van der Waals surface area contributed by atoms with Crippen LogP contribution in [0.1, 0.15) is 95.6 Å². The van der Waals surface area contributed by atoms with E-state index in [2.05, 4.69) is 56.3 Å². The Balaban J connectivity index is 1.31. The Kier molecular flexibility index (Phi) is 8.71. The van der Waals surface area contributed by atoms with Crippen LogP contribution in [0.15, 0.2) is 42.5 Å². The number of hydrogen-bond acceptors (Lipinski definition) is 1. The third-order valence-corrected chi connectivity index (χ3v) is 8.20. The largest absolute Gasteiger partial charge is 0.494 e. The number of benzene rings is 2. The van der Waals surface area contributed by atoms with Crippen molar-refractivity contribution in [3.8, 4) is 16.9 Å². The molecule has 0 radical (unpaired) electrons. The van der Waals surface area contributed by atoms with Gasteiger partial charge in [-0.25, -0.2) is 0 Å². The highest BCUT2D eigenvalue weighted by atomic mass is 16.5. The average Bonchev–Trinajstić information content (AvgIpc) is 2.85. The zero-order valence-corrected chi connectivity index (χ0v) is 20.6. The van der Waals surface area contributed by atoms with Gasteiger partial charge in [-0.3, -0.25) is 0 Å². The predicted molar refractivity (Wildman–Crippen MR) is 137 cm³/mol. The maximum absolute atomic E-state index is 5.83. The topological polar surface area (TPSA) is 9.23 Å². The summed E-state index contributed by atoms with van der Waals surface area (Å²) in [5.41, 5.74) is 5.87. The molecule has 0 spiro atoms. The van der Waals surface area contributed by atoms with Gasteiger partial charge in [0.1, 0.15) is 5.75 Å². The second-order valence-corrected chi connectivity index (χ2v) is 10.5. The molecule has 0 aromatic heterocycles. The van der Waals surface area contributed by atoms with E-state index in [1.807, 2.05) is 0 Å². The Morgan fingerprint density at radius 1 is 0.719 bits per heavy atom. The van der Waals surface area contributed by atoms with Crippen LogP contribution in [0.5, 0.6) is 5.75 Å². The average molecular weight is 433 g/mol. The summed E-state index contributed by atoms with van der Waals surface area (Å²) in [5.74, 6) is 3.91. The Hall–Kier alpha value is -1.76. The molecule has 0 bridgehead atoms. The fraction of sp³-hybridized carbons (Fsp3) is 0.613. The first kappa shape index (κ1) is 23.4. The van der Waals surface area contributed by atoms with Crippen LogP contribution >= 0.6 is 0 Å². The third-order valence-electron chi connectivity index (χ3n) is 8.20. The Morgan fingerprint density at radius 2 is 1.47 bits per heavy atom. The summed E-state index contributed by atoms with van der Waals surface area (Å²) in [6.45, 7) is 5.34. The Bertz CT molecular complexity index is 813. The van der Waals surface area contributed by atoms with Crippen molar-refractivity contribution in [3.63, 3.8) is 0 Å².